The smallest absolute Gasteiger partial charge is 0.316 e. The van der Waals surface area contributed by atoms with Crippen molar-refractivity contribution in [2.45, 2.75) is 25.8 Å². The molecule has 0 aliphatic carbocycles. The Morgan fingerprint density at radius 2 is 2.05 bits per heavy atom. The molecule has 1 unspecified atom stereocenters. The molecule has 0 saturated carbocycles. The fourth-order valence-corrected chi connectivity index (χ4v) is 1.88. The number of carbonyl (C=O) groups excluding carboxylic acids is 3. The standard InChI is InChI=1S/C12H22N4O3/c1-4-7-16-10(17)8-9(11(16)18)13-5-6-14-12(19)15(2)3/h9,13H,4-8H2,1-3H3,(H,14,19). The van der Waals surface area contributed by atoms with Crippen molar-refractivity contribution in [2.75, 3.05) is 33.7 Å². The van der Waals surface area contributed by atoms with E-state index in [9.17, 15) is 14.4 Å². The van der Waals surface area contributed by atoms with Gasteiger partial charge in [0.1, 0.15) is 0 Å². The van der Waals surface area contributed by atoms with Crippen molar-refractivity contribution >= 4 is 17.8 Å². The molecule has 7 heteroatoms. The van der Waals surface area contributed by atoms with E-state index in [0.29, 0.717) is 19.6 Å². The number of hydrogen-bond donors (Lipinski definition) is 2. The maximum Gasteiger partial charge on any atom is 0.316 e. The lowest BCUT2D eigenvalue weighted by molar-refractivity contribution is -0.138. The SMILES string of the molecule is CCCN1C(=O)CC(NCCNC(=O)N(C)C)C1=O. The molecule has 19 heavy (non-hydrogen) atoms. The van der Waals surface area contributed by atoms with E-state index in [-0.39, 0.29) is 24.3 Å². The number of urea groups is 1. The third-order valence-electron chi connectivity index (χ3n) is 2.89. The van der Waals surface area contributed by atoms with Crippen LogP contribution in [0.4, 0.5) is 4.79 Å². The quantitative estimate of drug-likeness (QED) is 0.498. The van der Waals surface area contributed by atoms with Crippen molar-refractivity contribution in [3.8, 4) is 0 Å². The Balaban J connectivity index is 2.29. The molecule has 1 fully saturated rings. The highest BCUT2D eigenvalue weighted by molar-refractivity contribution is 6.05. The average molecular weight is 270 g/mol. The third kappa shape index (κ3) is 4.20. The van der Waals surface area contributed by atoms with Crippen molar-refractivity contribution < 1.29 is 14.4 Å². The van der Waals surface area contributed by atoms with Gasteiger partial charge in [-0.2, -0.15) is 0 Å². The van der Waals surface area contributed by atoms with Crippen LogP contribution in [0.15, 0.2) is 0 Å². The minimum absolute atomic E-state index is 0.123. The van der Waals surface area contributed by atoms with Crippen LogP contribution >= 0.6 is 0 Å². The molecule has 1 heterocycles. The molecule has 1 atom stereocenters. The van der Waals surface area contributed by atoms with Crippen LogP contribution in [0.1, 0.15) is 19.8 Å². The number of amides is 4. The Hall–Kier alpha value is -1.63. The van der Waals surface area contributed by atoms with E-state index in [1.54, 1.807) is 14.1 Å². The van der Waals surface area contributed by atoms with Gasteiger partial charge < -0.3 is 15.5 Å². The fraction of sp³-hybridized carbons (Fsp3) is 0.750. The average Bonchev–Trinajstić information content (AvgIpc) is 2.62. The van der Waals surface area contributed by atoms with Crippen LogP contribution in [0.2, 0.25) is 0 Å². The number of hydrogen-bond acceptors (Lipinski definition) is 4. The molecule has 0 radical (unpaired) electrons. The highest BCUT2D eigenvalue weighted by atomic mass is 16.2. The predicted molar refractivity (Wildman–Crippen MR) is 70.5 cm³/mol. The van der Waals surface area contributed by atoms with Crippen molar-refractivity contribution in [3.63, 3.8) is 0 Å². The molecule has 4 amide bonds. The molecule has 108 valence electrons. The first-order valence-electron chi connectivity index (χ1n) is 6.50. The Kier molecular flexibility index (Phi) is 5.75. The molecule has 0 aromatic carbocycles. The topological polar surface area (TPSA) is 81.8 Å². The van der Waals surface area contributed by atoms with Gasteiger partial charge in [0, 0.05) is 33.7 Å². The largest absolute Gasteiger partial charge is 0.337 e. The predicted octanol–water partition coefficient (Wildman–Crippen LogP) is -0.615. The minimum atomic E-state index is -0.449. The van der Waals surface area contributed by atoms with Gasteiger partial charge >= 0.3 is 6.03 Å². The first-order valence-corrected chi connectivity index (χ1v) is 6.50. The second-order valence-electron chi connectivity index (χ2n) is 4.72. The Bertz CT molecular complexity index is 357. The minimum Gasteiger partial charge on any atom is -0.337 e. The Morgan fingerprint density at radius 3 is 2.63 bits per heavy atom. The summed E-state index contributed by atoms with van der Waals surface area (Å²) in [6, 6.07) is -0.626. The van der Waals surface area contributed by atoms with E-state index < -0.39 is 6.04 Å². The Labute approximate surface area is 113 Å². The zero-order chi connectivity index (χ0) is 14.4. The van der Waals surface area contributed by atoms with Crippen LogP contribution < -0.4 is 10.6 Å². The van der Waals surface area contributed by atoms with Crippen molar-refractivity contribution in [1.82, 2.24) is 20.4 Å². The fourth-order valence-electron chi connectivity index (χ4n) is 1.88. The summed E-state index contributed by atoms with van der Waals surface area (Å²) >= 11 is 0. The molecule has 0 aromatic heterocycles. The van der Waals surface area contributed by atoms with Gasteiger partial charge in [-0.05, 0) is 6.42 Å². The van der Waals surface area contributed by atoms with Crippen LogP contribution in [-0.2, 0) is 9.59 Å². The van der Waals surface area contributed by atoms with E-state index in [4.69, 9.17) is 0 Å². The summed E-state index contributed by atoms with van der Waals surface area (Å²) in [5.74, 6) is -0.285. The number of nitrogens with one attached hydrogen (secondary N) is 2. The molecule has 7 nitrogen and oxygen atoms in total. The molecule has 2 N–H and O–H groups in total. The monoisotopic (exact) mass is 270 g/mol. The number of nitrogens with zero attached hydrogens (tertiary/aromatic N) is 2. The van der Waals surface area contributed by atoms with Gasteiger partial charge in [0.25, 0.3) is 0 Å². The molecule has 0 aromatic rings. The summed E-state index contributed by atoms with van der Waals surface area (Å²) in [5, 5.41) is 5.68. The maximum absolute atomic E-state index is 11.9. The van der Waals surface area contributed by atoms with E-state index in [0.717, 1.165) is 6.42 Å². The van der Waals surface area contributed by atoms with Crippen molar-refractivity contribution in [2.24, 2.45) is 0 Å². The van der Waals surface area contributed by atoms with Gasteiger partial charge in [0.2, 0.25) is 11.8 Å². The highest BCUT2D eigenvalue weighted by Gasteiger charge is 2.37. The summed E-state index contributed by atoms with van der Waals surface area (Å²) < 4.78 is 0. The summed E-state index contributed by atoms with van der Waals surface area (Å²) in [6.07, 6.45) is 0.976. The van der Waals surface area contributed by atoms with Crippen LogP contribution in [0, 0.1) is 0 Å². The van der Waals surface area contributed by atoms with Crippen molar-refractivity contribution in [3.05, 3.63) is 0 Å². The molecule has 0 spiro atoms. The molecule has 1 aliphatic heterocycles. The molecular weight excluding hydrogens is 248 g/mol. The van der Waals surface area contributed by atoms with Crippen LogP contribution in [-0.4, -0.2) is 67.4 Å². The molecule has 1 aliphatic rings. The second-order valence-corrected chi connectivity index (χ2v) is 4.72. The van der Waals surface area contributed by atoms with Crippen LogP contribution in [0.3, 0.4) is 0 Å². The maximum atomic E-state index is 11.9. The van der Waals surface area contributed by atoms with Gasteiger partial charge in [-0.1, -0.05) is 6.92 Å². The van der Waals surface area contributed by atoms with E-state index in [1.807, 2.05) is 6.92 Å². The first-order chi connectivity index (χ1) is 8.97. The molecular formula is C12H22N4O3. The van der Waals surface area contributed by atoms with Gasteiger partial charge in [-0.3, -0.25) is 14.5 Å². The van der Waals surface area contributed by atoms with Gasteiger partial charge in [-0.15, -0.1) is 0 Å². The number of rotatable bonds is 6. The highest BCUT2D eigenvalue weighted by Crippen LogP contribution is 2.12. The lowest BCUT2D eigenvalue weighted by atomic mass is 10.2. The van der Waals surface area contributed by atoms with Gasteiger partial charge in [0.15, 0.2) is 0 Å². The number of imide groups is 1. The first kappa shape index (κ1) is 15.4. The Morgan fingerprint density at radius 1 is 1.37 bits per heavy atom. The van der Waals surface area contributed by atoms with Crippen LogP contribution in [0.5, 0.6) is 0 Å². The summed E-state index contributed by atoms with van der Waals surface area (Å²) in [6.45, 7) is 3.29. The number of carbonyl (C=O) groups is 3. The lowest BCUT2D eigenvalue weighted by Crippen LogP contribution is -2.43. The summed E-state index contributed by atoms with van der Waals surface area (Å²) in [5.41, 5.74) is 0. The normalized spacial score (nSPS) is 18.9. The van der Waals surface area contributed by atoms with Gasteiger partial charge in [-0.25, -0.2) is 4.79 Å². The zero-order valence-electron chi connectivity index (χ0n) is 11.7. The van der Waals surface area contributed by atoms with E-state index in [2.05, 4.69) is 10.6 Å². The molecule has 1 saturated heterocycles. The van der Waals surface area contributed by atoms with E-state index >= 15 is 0 Å². The number of likely N-dealkylation sites (tertiary alicyclic amines) is 1. The summed E-state index contributed by atoms with van der Waals surface area (Å²) in [4.78, 5) is 37.5. The third-order valence-corrected chi connectivity index (χ3v) is 2.89. The van der Waals surface area contributed by atoms with E-state index in [1.165, 1.54) is 9.80 Å². The lowest BCUT2D eigenvalue weighted by Gasteiger charge is -2.15. The van der Waals surface area contributed by atoms with Gasteiger partial charge in [0.05, 0.1) is 12.5 Å². The van der Waals surface area contributed by atoms with Crippen LogP contribution in [0.25, 0.3) is 0 Å². The zero-order valence-corrected chi connectivity index (χ0v) is 11.7. The van der Waals surface area contributed by atoms with Crippen molar-refractivity contribution in [1.29, 1.82) is 0 Å². The second kappa shape index (κ2) is 7.08. The molecule has 1 rings (SSSR count). The molecule has 0 bridgehead atoms. The summed E-state index contributed by atoms with van der Waals surface area (Å²) in [7, 11) is 3.31.